The maximum atomic E-state index is 10.9. The molecular weight excluding hydrogens is 257 g/mol. The second-order valence-corrected chi connectivity index (χ2v) is 4.13. The Morgan fingerprint density at radius 3 is 2.67 bits per heavy atom. The third kappa shape index (κ3) is 1.63. The molecule has 5 heteroatoms. The molecule has 2 aromatic rings. The smallest absolute Gasteiger partial charge is 0.258 e. The fraction of sp³-hybridized carbons (Fsp3) is 0. The first-order valence-corrected chi connectivity index (χ1v) is 5.23. The molecular formula is C10H7BBrNO2. The minimum Gasteiger partial charge on any atom is -0.258 e. The third-order valence-corrected chi connectivity index (χ3v) is 3.14. The molecule has 0 amide bonds. The summed E-state index contributed by atoms with van der Waals surface area (Å²) < 4.78 is 0.558. The monoisotopic (exact) mass is 263 g/mol. The van der Waals surface area contributed by atoms with Gasteiger partial charge in [-0.15, -0.1) is 0 Å². The fourth-order valence-corrected chi connectivity index (χ4v) is 2.47. The second kappa shape index (κ2) is 3.66. The summed E-state index contributed by atoms with van der Waals surface area (Å²) in [6, 6.07) is 9.42. The molecule has 74 valence electrons. The third-order valence-electron chi connectivity index (χ3n) is 2.33. The lowest BCUT2D eigenvalue weighted by atomic mass is 9.91. The van der Waals surface area contributed by atoms with Gasteiger partial charge < -0.3 is 0 Å². The highest BCUT2D eigenvalue weighted by Crippen LogP contribution is 2.30. The Morgan fingerprint density at radius 1 is 1.33 bits per heavy atom. The Kier molecular flexibility index (Phi) is 2.48. The Hall–Kier alpha value is -1.36. The molecule has 0 bridgehead atoms. The number of nitrogens with zero attached hydrogens (tertiary/aromatic N) is 1. The predicted octanol–water partition coefficient (Wildman–Crippen LogP) is 1.77. The molecule has 0 N–H and O–H groups in total. The standard InChI is InChI=1S/C10H7BBrNO2/c11-8-5-6-3-1-2-4-7(6)9(12)10(8)13(14)15/h1-5H,11H2. The summed E-state index contributed by atoms with van der Waals surface area (Å²) in [5, 5.41) is 12.7. The molecule has 0 saturated heterocycles. The number of hydrogen-bond donors (Lipinski definition) is 0. The van der Waals surface area contributed by atoms with Crippen molar-refractivity contribution < 1.29 is 4.92 Å². The average Bonchev–Trinajstić information content (AvgIpc) is 2.17. The molecule has 3 nitrogen and oxygen atoms in total. The summed E-state index contributed by atoms with van der Waals surface area (Å²) in [6.07, 6.45) is 0. The van der Waals surface area contributed by atoms with Crippen molar-refractivity contribution in [2.24, 2.45) is 0 Å². The maximum Gasteiger partial charge on any atom is 0.277 e. The summed E-state index contributed by atoms with van der Waals surface area (Å²) in [5.74, 6) is 0. The van der Waals surface area contributed by atoms with Gasteiger partial charge in [0.25, 0.3) is 5.69 Å². The van der Waals surface area contributed by atoms with Gasteiger partial charge in [-0.3, -0.25) is 10.1 Å². The first-order chi connectivity index (χ1) is 7.11. The van der Waals surface area contributed by atoms with Crippen LogP contribution in [-0.2, 0) is 0 Å². The maximum absolute atomic E-state index is 10.9. The van der Waals surface area contributed by atoms with Crippen LogP contribution in [0.3, 0.4) is 0 Å². The van der Waals surface area contributed by atoms with E-state index >= 15 is 0 Å². The molecule has 0 saturated carbocycles. The zero-order valence-electron chi connectivity index (χ0n) is 8.03. The van der Waals surface area contributed by atoms with Crippen LogP contribution < -0.4 is 5.46 Å². The van der Waals surface area contributed by atoms with E-state index in [-0.39, 0.29) is 10.6 Å². The summed E-state index contributed by atoms with van der Waals surface area (Å²) in [4.78, 5) is 10.5. The van der Waals surface area contributed by atoms with Crippen molar-refractivity contribution in [3.05, 3.63) is 44.9 Å². The highest BCUT2D eigenvalue weighted by atomic mass is 79.9. The van der Waals surface area contributed by atoms with Gasteiger partial charge in [0.2, 0.25) is 0 Å². The van der Waals surface area contributed by atoms with Crippen molar-refractivity contribution >= 4 is 45.7 Å². The van der Waals surface area contributed by atoms with E-state index in [9.17, 15) is 10.1 Å². The van der Waals surface area contributed by atoms with Crippen LogP contribution >= 0.6 is 15.9 Å². The molecule has 0 aliphatic heterocycles. The Bertz CT molecular complexity index is 556. The molecule has 0 aliphatic carbocycles. The van der Waals surface area contributed by atoms with Gasteiger partial charge >= 0.3 is 0 Å². The Morgan fingerprint density at radius 2 is 2.00 bits per heavy atom. The van der Waals surface area contributed by atoms with Crippen molar-refractivity contribution in [2.45, 2.75) is 0 Å². The minimum atomic E-state index is -0.355. The highest BCUT2D eigenvalue weighted by Gasteiger charge is 2.17. The van der Waals surface area contributed by atoms with Gasteiger partial charge in [0, 0.05) is 5.39 Å². The topological polar surface area (TPSA) is 43.1 Å². The van der Waals surface area contributed by atoms with E-state index in [0.29, 0.717) is 9.94 Å². The van der Waals surface area contributed by atoms with Crippen LogP contribution in [-0.4, -0.2) is 12.8 Å². The number of halogens is 1. The van der Waals surface area contributed by atoms with Crippen molar-refractivity contribution in [3.63, 3.8) is 0 Å². The molecule has 15 heavy (non-hydrogen) atoms. The number of benzene rings is 2. The summed E-state index contributed by atoms with van der Waals surface area (Å²) in [5.41, 5.74) is 0.819. The number of rotatable bonds is 1. The minimum absolute atomic E-state index is 0.147. The Labute approximate surface area is 95.8 Å². The fourth-order valence-electron chi connectivity index (χ4n) is 1.65. The summed E-state index contributed by atoms with van der Waals surface area (Å²) in [7, 11) is 1.75. The zero-order valence-corrected chi connectivity index (χ0v) is 9.61. The Balaban J connectivity index is 2.90. The van der Waals surface area contributed by atoms with Crippen LogP contribution in [0.15, 0.2) is 34.8 Å². The molecule has 0 aliphatic rings. The average molecular weight is 264 g/mol. The molecule has 0 fully saturated rings. The lowest BCUT2D eigenvalue weighted by molar-refractivity contribution is -0.384. The largest absolute Gasteiger partial charge is 0.277 e. The number of nitro benzene ring substituents is 1. The molecule has 0 unspecified atom stereocenters. The van der Waals surface area contributed by atoms with Crippen molar-refractivity contribution in [2.75, 3.05) is 0 Å². The highest BCUT2D eigenvalue weighted by molar-refractivity contribution is 9.10. The van der Waals surface area contributed by atoms with E-state index in [4.69, 9.17) is 0 Å². The van der Waals surface area contributed by atoms with Crippen LogP contribution in [0.25, 0.3) is 10.8 Å². The normalized spacial score (nSPS) is 10.5. The molecule has 0 radical (unpaired) electrons. The van der Waals surface area contributed by atoms with E-state index in [0.717, 1.165) is 10.8 Å². The zero-order chi connectivity index (χ0) is 11.0. The van der Waals surface area contributed by atoms with Crippen LogP contribution in [0, 0.1) is 10.1 Å². The molecule has 0 atom stereocenters. The van der Waals surface area contributed by atoms with Gasteiger partial charge in [0.15, 0.2) is 0 Å². The van der Waals surface area contributed by atoms with E-state index in [1.807, 2.05) is 30.3 Å². The van der Waals surface area contributed by atoms with Crippen molar-refractivity contribution in [1.29, 1.82) is 0 Å². The number of hydrogen-bond acceptors (Lipinski definition) is 2. The van der Waals surface area contributed by atoms with Gasteiger partial charge in [-0.1, -0.05) is 30.3 Å². The quantitative estimate of drug-likeness (QED) is 0.447. The number of fused-ring (bicyclic) bond motifs is 1. The number of nitro groups is 1. The second-order valence-electron chi connectivity index (χ2n) is 3.33. The van der Waals surface area contributed by atoms with Gasteiger partial charge in [-0.05, 0) is 26.8 Å². The van der Waals surface area contributed by atoms with Gasteiger partial charge in [-0.2, -0.15) is 0 Å². The molecule has 2 rings (SSSR count). The van der Waals surface area contributed by atoms with Crippen LogP contribution in [0.1, 0.15) is 0 Å². The van der Waals surface area contributed by atoms with Crippen molar-refractivity contribution in [1.82, 2.24) is 0 Å². The molecule has 0 spiro atoms. The summed E-state index contributed by atoms with van der Waals surface area (Å²) >= 11 is 3.29. The van der Waals surface area contributed by atoms with Crippen LogP contribution in [0.5, 0.6) is 0 Å². The predicted molar refractivity (Wildman–Crippen MR) is 66.5 cm³/mol. The van der Waals surface area contributed by atoms with E-state index in [1.54, 1.807) is 7.85 Å². The first kappa shape index (κ1) is 10.2. The van der Waals surface area contributed by atoms with Gasteiger partial charge in [0.1, 0.15) is 12.3 Å². The first-order valence-electron chi connectivity index (χ1n) is 4.43. The molecule has 2 aromatic carbocycles. The molecule has 0 heterocycles. The lowest BCUT2D eigenvalue weighted by Gasteiger charge is -2.04. The summed E-state index contributed by atoms with van der Waals surface area (Å²) in [6.45, 7) is 0. The van der Waals surface area contributed by atoms with Crippen LogP contribution in [0.2, 0.25) is 0 Å². The van der Waals surface area contributed by atoms with Gasteiger partial charge in [-0.25, -0.2) is 0 Å². The van der Waals surface area contributed by atoms with E-state index in [2.05, 4.69) is 15.9 Å². The lowest BCUT2D eigenvalue weighted by Crippen LogP contribution is -2.10. The molecule has 0 aromatic heterocycles. The van der Waals surface area contributed by atoms with E-state index < -0.39 is 0 Å². The van der Waals surface area contributed by atoms with Gasteiger partial charge in [0.05, 0.1) is 4.92 Å². The van der Waals surface area contributed by atoms with E-state index in [1.165, 1.54) is 0 Å². The van der Waals surface area contributed by atoms with Crippen LogP contribution in [0.4, 0.5) is 5.69 Å². The SMILES string of the molecule is Bc1cc2ccccc2c(Br)c1[N+](=O)[O-]. The van der Waals surface area contributed by atoms with Crippen molar-refractivity contribution in [3.8, 4) is 0 Å².